The second kappa shape index (κ2) is 6.61. The lowest BCUT2D eigenvalue weighted by molar-refractivity contribution is -0.148. The summed E-state index contributed by atoms with van der Waals surface area (Å²) in [4.78, 5) is 24.6. The fourth-order valence-electron chi connectivity index (χ4n) is 2.88. The van der Waals surface area contributed by atoms with E-state index in [0.29, 0.717) is 24.1 Å². The maximum Gasteiger partial charge on any atom is 0.331 e. The molecular weight excluding hydrogens is 268 g/mol. The number of hydrogen-bond acceptors (Lipinski definition) is 4. The third kappa shape index (κ3) is 3.54. The Hall–Kier alpha value is -2.04. The average molecular weight is 290 g/mol. The molecule has 0 unspecified atom stereocenters. The Balaban J connectivity index is 2.22. The summed E-state index contributed by atoms with van der Waals surface area (Å²) in [6, 6.07) is 6.74. The van der Waals surface area contributed by atoms with Crippen molar-refractivity contribution in [3.05, 3.63) is 29.8 Å². The fourth-order valence-corrected chi connectivity index (χ4v) is 2.88. The number of nitrogen functional groups attached to an aromatic ring is 1. The van der Waals surface area contributed by atoms with Crippen LogP contribution in [0, 0.1) is 0 Å². The lowest BCUT2D eigenvalue weighted by Crippen LogP contribution is -2.54. The molecule has 2 rings (SSSR count). The predicted molar refractivity (Wildman–Crippen MR) is 80.8 cm³/mol. The molecule has 1 saturated carbocycles. The number of esters is 1. The molecule has 0 spiro atoms. The van der Waals surface area contributed by atoms with Gasteiger partial charge in [-0.3, -0.25) is 4.79 Å². The third-order valence-corrected chi connectivity index (χ3v) is 4.03. The maximum absolute atomic E-state index is 12.4. The molecule has 0 aromatic heterocycles. The first-order valence-electron chi connectivity index (χ1n) is 7.34. The van der Waals surface area contributed by atoms with Crippen LogP contribution in [0.5, 0.6) is 0 Å². The highest BCUT2D eigenvalue weighted by molar-refractivity contribution is 5.98. The van der Waals surface area contributed by atoms with E-state index in [1.54, 1.807) is 24.3 Å². The number of carbonyl (C=O) groups excluding carboxylic acids is 2. The minimum Gasteiger partial charge on any atom is -0.467 e. The van der Waals surface area contributed by atoms with E-state index in [2.05, 4.69) is 5.32 Å². The topological polar surface area (TPSA) is 81.4 Å². The fraction of sp³-hybridized carbons (Fsp3) is 0.500. The van der Waals surface area contributed by atoms with Crippen LogP contribution in [0.25, 0.3) is 0 Å². The van der Waals surface area contributed by atoms with Crippen molar-refractivity contribution >= 4 is 17.6 Å². The smallest absolute Gasteiger partial charge is 0.331 e. The van der Waals surface area contributed by atoms with E-state index >= 15 is 0 Å². The number of nitrogens with one attached hydrogen (secondary N) is 1. The molecule has 114 valence electrons. The van der Waals surface area contributed by atoms with Gasteiger partial charge in [0.15, 0.2) is 0 Å². The summed E-state index contributed by atoms with van der Waals surface area (Å²) in [5.41, 5.74) is 5.78. The van der Waals surface area contributed by atoms with Crippen LogP contribution in [0.2, 0.25) is 0 Å². The van der Waals surface area contributed by atoms with Gasteiger partial charge in [-0.15, -0.1) is 0 Å². The van der Waals surface area contributed by atoms with E-state index in [4.69, 9.17) is 10.5 Å². The van der Waals surface area contributed by atoms with Crippen molar-refractivity contribution in [2.75, 3.05) is 12.8 Å². The number of hydrogen-bond donors (Lipinski definition) is 2. The summed E-state index contributed by atoms with van der Waals surface area (Å²) in [6.07, 6.45) is 5.21. The number of ether oxygens (including phenoxy) is 1. The van der Waals surface area contributed by atoms with Crippen molar-refractivity contribution in [2.24, 2.45) is 0 Å². The molecule has 1 aromatic carbocycles. The normalized spacial score (nSPS) is 17.6. The largest absolute Gasteiger partial charge is 0.467 e. The monoisotopic (exact) mass is 290 g/mol. The second-order valence-electron chi connectivity index (χ2n) is 5.57. The van der Waals surface area contributed by atoms with Gasteiger partial charge >= 0.3 is 5.97 Å². The van der Waals surface area contributed by atoms with Crippen LogP contribution in [0.15, 0.2) is 24.3 Å². The van der Waals surface area contributed by atoms with Crippen molar-refractivity contribution in [2.45, 2.75) is 44.1 Å². The molecule has 0 radical (unpaired) electrons. The predicted octanol–water partition coefficient (Wildman–Crippen LogP) is 2.26. The quantitative estimate of drug-likeness (QED) is 0.508. The molecule has 0 bridgehead atoms. The van der Waals surface area contributed by atoms with Crippen molar-refractivity contribution in [1.29, 1.82) is 0 Å². The zero-order valence-electron chi connectivity index (χ0n) is 12.4. The SMILES string of the molecule is COC(=O)C1(NC(=O)c2cccc(N)c2)CCCCCC1. The Morgan fingerprint density at radius 3 is 2.43 bits per heavy atom. The number of carbonyl (C=O) groups is 2. The minimum absolute atomic E-state index is 0.283. The molecule has 0 saturated heterocycles. The van der Waals surface area contributed by atoms with Gasteiger partial charge in [0.25, 0.3) is 5.91 Å². The van der Waals surface area contributed by atoms with Gasteiger partial charge in [0.05, 0.1) is 7.11 Å². The molecule has 0 atom stereocenters. The molecule has 5 nitrogen and oxygen atoms in total. The summed E-state index contributed by atoms with van der Waals surface area (Å²) in [5.74, 6) is -0.642. The zero-order valence-corrected chi connectivity index (χ0v) is 12.4. The Morgan fingerprint density at radius 1 is 1.19 bits per heavy atom. The van der Waals surface area contributed by atoms with Crippen LogP contribution in [0.4, 0.5) is 5.69 Å². The Kier molecular flexibility index (Phi) is 4.83. The first-order valence-corrected chi connectivity index (χ1v) is 7.34. The number of benzene rings is 1. The van der Waals surface area contributed by atoms with Gasteiger partial charge in [-0.25, -0.2) is 4.79 Å². The van der Waals surface area contributed by atoms with Crippen molar-refractivity contribution in [3.8, 4) is 0 Å². The van der Waals surface area contributed by atoms with Crippen molar-refractivity contribution < 1.29 is 14.3 Å². The van der Waals surface area contributed by atoms with E-state index in [-0.39, 0.29) is 11.9 Å². The molecule has 1 aliphatic rings. The average Bonchev–Trinajstić information content (AvgIpc) is 2.73. The van der Waals surface area contributed by atoms with Crippen LogP contribution >= 0.6 is 0 Å². The van der Waals surface area contributed by atoms with Crippen LogP contribution in [-0.4, -0.2) is 24.5 Å². The molecule has 21 heavy (non-hydrogen) atoms. The molecular formula is C16H22N2O3. The van der Waals surface area contributed by atoms with Gasteiger partial charge in [-0.1, -0.05) is 31.7 Å². The standard InChI is InChI=1S/C16H22N2O3/c1-21-15(20)16(9-4-2-3-5-10-16)18-14(19)12-7-6-8-13(17)11-12/h6-8,11H,2-5,9-10,17H2,1H3,(H,18,19). The Labute approximate surface area is 124 Å². The maximum atomic E-state index is 12.4. The van der Waals surface area contributed by atoms with Crippen LogP contribution in [-0.2, 0) is 9.53 Å². The molecule has 1 aromatic rings. The van der Waals surface area contributed by atoms with Gasteiger partial charge in [-0.05, 0) is 31.0 Å². The van der Waals surface area contributed by atoms with Crippen molar-refractivity contribution in [3.63, 3.8) is 0 Å². The van der Waals surface area contributed by atoms with Crippen molar-refractivity contribution in [1.82, 2.24) is 5.32 Å². The molecule has 0 aliphatic heterocycles. The van der Waals surface area contributed by atoms with Crippen LogP contribution in [0.1, 0.15) is 48.9 Å². The minimum atomic E-state index is -0.910. The highest BCUT2D eigenvalue weighted by Gasteiger charge is 2.41. The summed E-state index contributed by atoms with van der Waals surface area (Å²) < 4.78 is 4.93. The summed E-state index contributed by atoms with van der Waals surface area (Å²) in [7, 11) is 1.36. The van der Waals surface area contributed by atoms with E-state index < -0.39 is 5.54 Å². The summed E-state index contributed by atoms with van der Waals surface area (Å²) in [5, 5.41) is 2.90. The Morgan fingerprint density at radius 2 is 1.86 bits per heavy atom. The van der Waals surface area contributed by atoms with Gasteiger partial charge < -0.3 is 15.8 Å². The molecule has 1 amide bonds. The number of nitrogens with two attached hydrogens (primary N) is 1. The van der Waals surface area contributed by atoms with E-state index in [1.165, 1.54) is 7.11 Å². The van der Waals surface area contributed by atoms with Gasteiger partial charge in [0.1, 0.15) is 5.54 Å². The van der Waals surface area contributed by atoms with Crippen LogP contribution < -0.4 is 11.1 Å². The third-order valence-electron chi connectivity index (χ3n) is 4.03. The molecule has 5 heteroatoms. The summed E-state index contributed by atoms with van der Waals surface area (Å²) in [6.45, 7) is 0. The molecule has 1 aliphatic carbocycles. The lowest BCUT2D eigenvalue weighted by atomic mass is 9.89. The van der Waals surface area contributed by atoms with E-state index in [9.17, 15) is 9.59 Å². The van der Waals surface area contributed by atoms with Gasteiger partial charge in [-0.2, -0.15) is 0 Å². The Bertz CT molecular complexity index is 520. The second-order valence-corrected chi connectivity index (χ2v) is 5.57. The molecule has 0 heterocycles. The first-order chi connectivity index (χ1) is 10.1. The molecule has 3 N–H and O–H groups in total. The van der Waals surface area contributed by atoms with E-state index in [0.717, 1.165) is 25.7 Å². The first kappa shape index (κ1) is 15.4. The molecule has 1 fully saturated rings. The lowest BCUT2D eigenvalue weighted by Gasteiger charge is -2.30. The number of anilines is 1. The highest BCUT2D eigenvalue weighted by atomic mass is 16.5. The van der Waals surface area contributed by atoms with Gasteiger partial charge in [0.2, 0.25) is 0 Å². The van der Waals surface area contributed by atoms with Crippen LogP contribution in [0.3, 0.4) is 0 Å². The summed E-state index contributed by atoms with van der Waals surface area (Å²) >= 11 is 0. The number of methoxy groups -OCH3 is 1. The van der Waals surface area contributed by atoms with Gasteiger partial charge in [0, 0.05) is 11.3 Å². The zero-order chi connectivity index (χ0) is 15.3. The highest BCUT2D eigenvalue weighted by Crippen LogP contribution is 2.28. The van der Waals surface area contributed by atoms with E-state index in [1.807, 2.05) is 0 Å². The number of amides is 1. The number of rotatable bonds is 3.